The van der Waals surface area contributed by atoms with Gasteiger partial charge in [0.15, 0.2) is 17.5 Å². The van der Waals surface area contributed by atoms with Gasteiger partial charge in [-0.3, -0.25) is 4.57 Å². The molecule has 132 valence electrons. The molecule has 0 bridgehead atoms. The van der Waals surface area contributed by atoms with Crippen molar-refractivity contribution in [2.75, 3.05) is 16.7 Å². The van der Waals surface area contributed by atoms with Crippen LogP contribution in [0.5, 0.6) is 0 Å². The lowest BCUT2D eigenvalue weighted by Gasteiger charge is -2.35. The van der Waals surface area contributed by atoms with Gasteiger partial charge in [-0.1, -0.05) is 24.3 Å². The van der Waals surface area contributed by atoms with E-state index in [4.69, 9.17) is 4.99 Å². The van der Waals surface area contributed by atoms with Gasteiger partial charge in [-0.05, 0) is 24.5 Å². The van der Waals surface area contributed by atoms with Gasteiger partial charge in [0.2, 0.25) is 6.19 Å². The first-order chi connectivity index (χ1) is 13.3. The normalized spacial score (nSPS) is 22.0. The molecule has 3 aliphatic rings. The Bertz CT molecular complexity index is 1150. The van der Waals surface area contributed by atoms with Gasteiger partial charge in [-0.2, -0.15) is 5.26 Å². The number of imidazole rings is 1. The number of aromatic nitrogens is 5. The zero-order chi connectivity index (χ0) is 18.1. The third-order valence-corrected chi connectivity index (χ3v) is 5.51. The van der Waals surface area contributed by atoms with E-state index in [0.717, 1.165) is 35.0 Å². The van der Waals surface area contributed by atoms with Crippen molar-refractivity contribution in [3.05, 3.63) is 48.0 Å². The Morgan fingerprint density at radius 2 is 2.11 bits per heavy atom. The van der Waals surface area contributed by atoms with Crippen LogP contribution in [0.2, 0.25) is 0 Å². The van der Waals surface area contributed by atoms with Crippen LogP contribution < -0.4 is 10.0 Å². The first-order valence-corrected chi connectivity index (χ1v) is 8.88. The van der Waals surface area contributed by atoms with Crippen molar-refractivity contribution in [3.63, 3.8) is 0 Å². The number of hydrogen-bond donors (Lipinski definition) is 0. The molecule has 9 heteroatoms. The van der Waals surface area contributed by atoms with E-state index < -0.39 is 0 Å². The lowest BCUT2D eigenvalue weighted by molar-refractivity contribution is 0.771. The average Bonchev–Trinajstić information content (AvgIpc) is 3.13. The van der Waals surface area contributed by atoms with E-state index in [-0.39, 0.29) is 0 Å². The summed E-state index contributed by atoms with van der Waals surface area (Å²) in [5, 5.41) is 21.9. The maximum Gasteiger partial charge on any atom is 0.210 e. The minimum Gasteiger partial charge on any atom is -0.283 e. The van der Waals surface area contributed by atoms with E-state index in [1.54, 1.807) is 6.33 Å². The van der Waals surface area contributed by atoms with Crippen LogP contribution in [0.25, 0.3) is 5.69 Å². The van der Waals surface area contributed by atoms with Gasteiger partial charge in [-0.25, -0.2) is 20.0 Å². The zero-order valence-electron chi connectivity index (χ0n) is 14.6. The molecule has 1 fully saturated rings. The number of rotatable bonds is 2. The summed E-state index contributed by atoms with van der Waals surface area (Å²) in [6.07, 6.45) is 6.80. The molecule has 1 saturated carbocycles. The number of hydrogen-bond acceptors (Lipinski definition) is 7. The minimum atomic E-state index is 0.341. The summed E-state index contributed by atoms with van der Waals surface area (Å²) >= 11 is 0. The Kier molecular flexibility index (Phi) is 2.65. The second kappa shape index (κ2) is 4.94. The van der Waals surface area contributed by atoms with Gasteiger partial charge in [0.25, 0.3) is 0 Å². The summed E-state index contributed by atoms with van der Waals surface area (Å²) in [5.41, 5.74) is 2.94. The highest BCUT2D eigenvalue weighted by Crippen LogP contribution is 2.49. The number of fused-ring (bicyclic) bond motifs is 6. The van der Waals surface area contributed by atoms with Gasteiger partial charge >= 0.3 is 0 Å². The molecule has 0 saturated heterocycles. The summed E-state index contributed by atoms with van der Waals surface area (Å²) in [6.45, 7) is 2.59. The molecule has 3 aromatic rings. The van der Waals surface area contributed by atoms with E-state index in [0.29, 0.717) is 24.3 Å². The molecule has 2 aliphatic heterocycles. The number of hydrazine groups is 1. The van der Waals surface area contributed by atoms with Crippen molar-refractivity contribution in [1.82, 2.24) is 24.5 Å². The Morgan fingerprint density at radius 1 is 1.26 bits per heavy atom. The second-order valence-corrected chi connectivity index (χ2v) is 7.10. The summed E-state index contributed by atoms with van der Waals surface area (Å²) in [4.78, 5) is 9.12. The molecule has 9 nitrogen and oxygen atoms in total. The number of benzene rings is 1. The van der Waals surface area contributed by atoms with E-state index in [9.17, 15) is 5.26 Å². The predicted molar refractivity (Wildman–Crippen MR) is 97.5 cm³/mol. The van der Waals surface area contributed by atoms with Crippen LogP contribution in [0.4, 0.5) is 11.6 Å². The molecule has 2 atom stereocenters. The van der Waals surface area contributed by atoms with Crippen molar-refractivity contribution < 1.29 is 0 Å². The molecule has 6 rings (SSSR count). The molecular formula is C18H15N9. The number of amidine groups is 1. The number of aliphatic imine (C=N–C) groups is 1. The quantitative estimate of drug-likeness (QED) is 0.695. The fourth-order valence-corrected chi connectivity index (χ4v) is 4.02. The van der Waals surface area contributed by atoms with Crippen LogP contribution in [0, 0.1) is 17.4 Å². The van der Waals surface area contributed by atoms with Crippen molar-refractivity contribution in [3.8, 4) is 11.9 Å². The molecule has 1 aromatic carbocycles. The zero-order valence-corrected chi connectivity index (χ0v) is 14.6. The fourth-order valence-electron chi connectivity index (χ4n) is 4.02. The van der Waals surface area contributed by atoms with Crippen LogP contribution in [0.3, 0.4) is 0 Å². The summed E-state index contributed by atoms with van der Waals surface area (Å²) in [7, 11) is 0. The maximum atomic E-state index is 9.58. The van der Waals surface area contributed by atoms with Crippen LogP contribution >= 0.6 is 0 Å². The average molecular weight is 357 g/mol. The predicted octanol–water partition coefficient (Wildman–Crippen LogP) is 1.88. The number of nitriles is 1. The van der Waals surface area contributed by atoms with Crippen molar-refractivity contribution in [2.45, 2.75) is 19.3 Å². The minimum absolute atomic E-state index is 0.341. The lowest BCUT2D eigenvalue weighted by atomic mass is 10.1. The van der Waals surface area contributed by atoms with Gasteiger partial charge < -0.3 is 0 Å². The number of nitrogens with zero attached hydrogens (tertiary/aromatic N) is 9. The maximum absolute atomic E-state index is 9.58. The largest absolute Gasteiger partial charge is 0.283 e. The van der Waals surface area contributed by atoms with E-state index in [1.807, 2.05) is 32.9 Å². The topological polar surface area (TPSA) is 91.2 Å². The highest BCUT2D eigenvalue weighted by molar-refractivity contribution is 6.16. The molecular weight excluding hydrogens is 342 g/mol. The Balaban J connectivity index is 1.53. The molecule has 1 aliphatic carbocycles. The molecule has 0 amide bonds. The summed E-state index contributed by atoms with van der Waals surface area (Å²) in [5.74, 6) is 3.32. The lowest BCUT2D eigenvalue weighted by Crippen LogP contribution is -2.46. The van der Waals surface area contributed by atoms with Crippen LogP contribution in [0.1, 0.15) is 30.5 Å². The van der Waals surface area contributed by atoms with Gasteiger partial charge in [0, 0.05) is 11.5 Å². The standard InChI is InChI=1S/C18H15N9/c1-11-6-13(11)16-18(25(8-19)23-22-16)26-10-21-17-12-4-2-3-5-14(12)24-9-20-7-15(24)27(17)26/h2-5,7,9,11,13H,6,10H2,1H3. The van der Waals surface area contributed by atoms with Gasteiger partial charge in [0.05, 0.1) is 11.9 Å². The van der Waals surface area contributed by atoms with Crippen molar-refractivity contribution >= 4 is 17.5 Å². The Morgan fingerprint density at radius 3 is 2.93 bits per heavy atom. The second-order valence-electron chi connectivity index (χ2n) is 7.10. The summed E-state index contributed by atoms with van der Waals surface area (Å²) in [6, 6.07) is 8.12. The number of para-hydroxylation sites is 1. The van der Waals surface area contributed by atoms with Gasteiger partial charge in [0.1, 0.15) is 18.7 Å². The molecule has 0 radical (unpaired) electrons. The third kappa shape index (κ3) is 1.81. The SMILES string of the molecule is CC1CC1c1nnn(C#N)c1N1CN=C2c3ccccc3-n3cncc3N21. The summed E-state index contributed by atoms with van der Waals surface area (Å²) < 4.78 is 3.33. The van der Waals surface area contributed by atoms with Gasteiger partial charge in [-0.15, -0.1) is 9.78 Å². The first-order valence-electron chi connectivity index (χ1n) is 8.88. The first kappa shape index (κ1) is 14.5. The van der Waals surface area contributed by atoms with E-state index >= 15 is 0 Å². The van der Waals surface area contributed by atoms with E-state index in [2.05, 4.69) is 40.5 Å². The molecule has 27 heavy (non-hydrogen) atoms. The van der Waals surface area contributed by atoms with E-state index in [1.165, 1.54) is 4.68 Å². The molecule has 2 aromatic heterocycles. The van der Waals surface area contributed by atoms with Crippen LogP contribution in [-0.2, 0) is 0 Å². The van der Waals surface area contributed by atoms with Crippen LogP contribution in [0.15, 0.2) is 41.8 Å². The van der Waals surface area contributed by atoms with Crippen LogP contribution in [-0.4, -0.2) is 37.0 Å². The Labute approximate surface area is 154 Å². The molecule has 2 unspecified atom stereocenters. The monoisotopic (exact) mass is 357 g/mol. The molecule has 0 N–H and O–H groups in total. The Hall–Kier alpha value is -3.67. The van der Waals surface area contributed by atoms with Crippen molar-refractivity contribution in [1.29, 1.82) is 5.26 Å². The molecule has 4 heterocycles. The smallest absolute Gasteiger partial charge is 0.210 e. The number of anilines is 2. The third-order valence-electron chi connectivity index (χ3n) is 5.51. The molecule has 0 spiro atoms. The fraction of sp³-hybridized carbons (Fsp3) is 0.278. The van der Waals surface area contributed by atoms with Crippen molar-refractivity contribution in [2.24, 2.45) is 10.9 Å². The highest BCUT2D eigenvalue weighted by Gasteiger charge is 2.44. The highest BCUT2D eigenvalue weighted by atomic mass is 15.7.